The molecule has 1 aromatic carbocycles. The molecule has 0 fully saturated rings. The summed E-state index contributed by atoms with van der Waals surface area (Å²) in [6, 6.07) is 9.28. The molecule has 1 heterocycles. The maximum absolute atomic E-state index is 11.3. The van der Waals surface area contributed by atoms with Crippen LogP contribution in [0.1, 0.15) is 5.82 Å². The number of hydrogen-bond donors (Lipinski definition) is 2. The molecule has 4 heteroatoms. The van der Waals surface area contributed by atoms with E-state index < -0.39 is 0 Å². The Morgan fingerprint density at radius 1 is 1.25 bits per heavy atom. The molecular formula is C12H13N3O. The molecule has 4 nitrogen and oxygen atoms in total. The zero-order valence-corrected chi connectivity index (χ0v) is 9.24. The van der Waals surface area contributed by atoms with Crippen LogP contribution >= 0.6 is 0 Å². The van der Waals surface area contributed by atoms with Crippen molar-refractivity contribution in [3.8, 4) is 11.3 Å². The van der Waals surface area contributed by atoms with Gasteiger partial charge in [-0.2, -0.15) is 0 Å². The molecule has 0 aliphatic rings. The lowest BCUT2D eigenvalue weighted by atomic mass is 10.1. The van der Waals surface area contributed by atoms with Gasteiger partial charge in [0.25, 0.3) is 5.56 Å². The van der Waals surface area contributed by atoms with Crippen LogP contribution in [0.3, 0.4) is 0 Å². The van der Waals surface area contributed by atoms with Gasteiger partial charge in [0.1, 0.15) is 5.82 Å². The predicted octanol–water partition coefficient (Wildman–Crippen LogP) is 1.79. The molecule has 0 atom stereocenters. The molecule has 0 bridgehead atoms. The number of aryl methyl sites for hydroxylation is 1. The fourth-order valence-electron chi connectivity index (χ4n) is 1.53. The number of nitrogens with zero attached hydrogens (tertiary/aromatic N) is 1. The van der Waals surface area contributed by atoms with Gasteiger partial charge >= 0.3 is 0 Å². The molecule has 2 aromatic rings. The van der Waals surface area contributed by atoms with E-state index in [2.05, 4.69) is 15.3 Å². The lowest BCUT2D eigenvalue weighted by Crippen LogP contribution is -2.08. The first-order valence-electron chi connectivity index (χ1n) is 5.05. The van der Waals surface area contributed by atoms with Crippen molar-refractivity contribution in [3.05, 3.63) is 46.5 Å². The molecule has 0 unspecified atom stereocenters. The second-order valence-electron chi connectivity index (χ2n) is 3.54. The summed E-state index contributed by atoms with van der Waals surface area (Å²) >= 11 is 0. The van der Waals surface area contributed by atoms with E-state index in [1.165, 1.54) is 6.07 Å². The molecule has 0 saturated carbocycles. The normalized spacial score (nSPS) is 10.1. The third-order valence-corrected chi connectivity index (χ3v) is 2.33. The number of aromatic amines is 1. The van der Waals surface area contributed by atoms with Crippen molar-refractivity contribution in [3.63, 3.8) is 0 Å². The van der Waals surface area contributed by atoms with Crippen molar-refractivity contribution >= 4 is 5.69 Å². The van der Waals surface area contributed by atoms with Crippen molar-refractivity contribution in [2.75, 3.05) is 12.4 Å². The summed E-state index contributed by atoms with van der Waals surface area (Å²) in [5.74, 6) is 0.625. The van der Waals surface area contributed by atoms with Gasteiger partial charge in [0.2, 0.25) is 0 Å². The highest BCUT2D eigenvalue weighted by Crippen LogP contribution is 2.17. The predicted molar refractivity (Wildman–Crippen MR) is 64.6 cm³/mol. The van der Waals surface area contributed by atoms with Crippen LogP contribution in [0.4, 0.5) is 5.69 Å². The Kier molecular flexibility index (Phi) is 2.72. The number of aromatic nitrogens is 2. The van der Waals surface area contributed by atoms with Gasteiger partial charge in [0.05, 0.1) is 5.69 Å². The smallest absolute Gasteiger partial charge is 0.251 e. The van der Waals surface area contributed by atoms with Crippen molar-refractivity contribution in [2.24, 2.45) is 0 Å². The molecule has 2 N–H and O–H groups in total. The highest BCUT2D eigenvalue weighted by molar-refractivity contribution is 5.62. The third kappa shape index (κ3) is 2.11. The maximum Gasteiger partial charge on any atom is 0.251 e. The van der Waals surface area contributed by atoms with Crippen LogP contribution in [0.5, 0.6) is 0 Å². The fourth-order valence-corrected chi connectivity index (χ4v) is 1.53. The summed E-state index contributed by atoms with van der Waals surface area (Å²) in [5.41, 5.74) is 2.54. The van der Waals surface area contributed by atoms with Gasteiger partial charge in [-0.25, -0.2) is 4.98 Å². The molecule has 0 amide bonds. The van der Waals surface area contributed by atoms with Crippen LogP contribution in [0.15, 0.2) is 35.1 Å². The highest BCUT2D eigenvalue weighted by Gasteiger charge is 2.01. The Hall–Kier alpha value is -2.10. The second-order valence-corrected chi connectivity index (χ2v) is 3.54. The Morgan fingerprint density at radius 2 is 1.94 bits per heavy atom. The van der Waals surface area contributed by atoms with E-state index in [1.54, 1.807) is 6.92 Å². The van der Waals surface area contributed by atoms with E-state index in [1.807, 2.05) is 31.3 Å². The molecule has 0 spiro atoms. The standard InChI is InChI=1S/C12H13N3O/c1-8-14-11(7-12(16)15-8)9-3-5-10(13-2)6-4-9/h3-7,13H,1-2H3,(H,14,15,16). The first kappa shape index (κ1) is 10.4. The minimum atomic E-state index is -0.125. The van der Waals surface area contributed by atoms with Gasteiger partial charge in [-0.1, -0.05) is 12.1 Å². The Bertz CT molecular complexity index is 543. The van der Waals surface area contributed by atoms with Crippen LogP contribution in [0.2, 0.25) is 0 Å². The fraction of sp³-hybridized carbons (Fsp3) is 0.167. The van der Waals surface area contributed by atoms with Gasteiger partial charge in [-0.15, -0.1) is 0 Å². The van der Waals surface area contributed by atoms with E-state index >= 15 is 0 Å². The zero-order chi connectivity index (χ0) is 11.5. The quantitative estimate of drug-likeness (QED) is 0.803. The number of benzene rings is 1. The van der Waals surface area contributed by atoms with Crippen LogP contribution < -0.4 is 10.9 Å². The molecule has 0 radical (unpaired) electrons. The molecule has 0 saturated heterocycles. The Labute approximate surface area is 93.4 Å². The summed E-state index contributed by atoms with van der Waals surface area (Å²) in [4.78, 5) is 18.2. The molecule has 82 valence electrons. The first-order chi connectivity index (χ1) is 7.69. The number of hydrogen-bond acceptors (Lipinski definition) is 3. The molecule has 1 aromatic heterocycles. The summed E-state index contributed by atoms with van der Waals surface area (Å²) in [7, 11) is 1.87. The van der Waals surface area contributed by atoms with Gasteiger partial charge in [0.15, 0.2) is 0 Å². The molecule has 2 rings (SSSR count). The lowest BCUT2D eigenvalue weighted by Gasteiger charge is -2.03. The van der Waals surface area contributed by atoms with Crippen LogP contribution in [-0.4, -0.2) is 17.0 Å². The Balaban J connectivity index is 2.46. The first-order valence-corrected chi connectivity index (χ1v) is 5.05. The van der Waals surface area contributed by atoms with Crippen molar-refractivity contribution in [2.45, 2.75) is 6.92 Å². The second kappa shape index (κ2) is 4.18. The maximum atomic E-state index is 11.3. The van der Waals surface area contributed by atoms with E-state index in [0.717, 1.165) is 11.3 Å². The molecule has 16 heavy (non-hydrogen) atoms. The van der Waals surface area contributed by atoms with E-state index in [4.69, 9.17) is 0 Å². The minimum Gasteiger partial charge on any atom is -0.388 e. The summed E-state index contributed by atoms with van der Waals surface area (Å²) in [5, 5.41) is 3.04. The van der Waals surface area contributed by atoms with Crippen LogP contribution in [0.25, 0.3) is 11.3 Å². The number of H-pyrrole nitrogens is 1. The lowest BCUT2D eigenvalue weighted by molar-refractivity contribution is 1.02. The number of nitrogens with one attached hydrogen (secondary N) is 2. The monoisotopic (exact) mass is 215 g/mol. The van der Waals surface area contributed by atoms with E-state index in [-0.39, 0.29) is 5.56 Å². The van der Waals surface area contributed by atoms with Crippen molar-refractivity contribution < 1.29 is 0 Å². The van der Waals surface area contributed by atoms with Crippen LogP contribution in [-0.2, 0) is 0 Å². The minimum absolute atomic E-state index is 0.125. The Morgan fingerprint density at radius 3 is 2.50 bits per heavy atom. The summed E-state index contributed by atoms with van der Waals surface area (Å²) in [6.07, 6.45) is 0. The number of rotatable bonds is 2. The van der Waals surface area contributed by atoms with Crippen LogP contribution in [0, 0.1) is 6.92 Å². The molecule has 0 aliphatic heterocycles. The van der Waals surface area contributed by atoms with E-state index in [0.29, 0.717) is 11.5 Å². The van der Waals surface area contributed by atoms with Gasteiger partial charge < -0.3 is 10.3 Å². The average molecular weight is 215 g/mol. The largest absolute Gasteiger partial charge is 0.388 e. The van der Waals surface area contributed by atoms with Crippen molar-refractivity contribution in [1.29, 1.82) is 0 Å². The molecular weight excluding hydrogens is 202 g/mol. The third-order valence-electron chi connectivity index (χ3n) is 2.33. The summed E-state index contributed by atoms with van der Waals surface area (Å²) in [6.45, 7) is 1.77. The van der Waals surface area contributed by atoms with Crippen molar-refractivity contribution in [1.82, 2.24) is 9.97 Å². The SMILES string of the molecule is CNc1ccc(-c2cc(=O)[nH]c(C)n2)cc1. The average Bonchev–Trinajstić information content (AvgIpc) is 2.28. The van der Waals surface area contributed by atoms with Gasteiger partial charge in [-0.3, -0.25) is 4.79 Å². The van der Waals surface area contributed by atoms with E-state index in [9.17, 15) is 4.79 Å². The summed E-state index contributed by atoms with van der Waals surface area (Å²) < 4.78 is 0. The topological polar surface area (TPSA) is 57.8 Å². The highest BCUT2D eigenvalue weighted by atomic mass is 16.1. The zero-order valence-electron chi connectivity index (χ0n) is 9.24. The van der Waals surface area contributed by atoms with Gasteiger partial charge in [-0.05, 0) is 19.1 Å². The number of anilines is 1. The van der Waals surface area contributed by atoms with Gasteiger partial charge in [0, 0.05) is 24.4 Å². The molecule has 0 aliphatic carbocycles.